The summed E-state index contributed by atoms with van der Waals surface area (Å²) < 4.78 is 4.91. The van der Waals surface area contributed by atoms with E-state index < -0.39 is 11.6 Å². The molecule has 88 valence electrons. The van der Waals surface area contributed by atoms with E-state index in [-0.39, 0.29) is 13.2 Å². The van der Waals surface area contributed by atoms with Gasteiger partial charge in [-0.25, -0.2) is 4.79 Å². The standard InChI is InChI=1S/C11H14ClNO3/c1-11(15,7-13)10(14)16-6-8-3-2-4-9(12)5-8/h2-5,15H,6-7,13H2,1H3. The highest BCUT2D eigenvalue weighted by Gasteiger charge is 2.30. The molecule has 4 nitrogen and oxygen atoms in total. The van der Waals surface area contributed by atoms with Crippen LogP contribution in [0.3, 0.4) is 0 Å². The zero-order valence-corrected chi connectivity index (χ0v) is 9.70. The third kappa shape index (κ3) is 3.48. The molecule has 16 heavy (non-hydrogen) atoms. The van der Waals surface area contributed by atoms with Gasteiger partial charge in [-0.1, -0.05) is 23.7 Å². The van der Waals surface area contributed by atoms with Gasteiger partial charge in [-0.05, 0) is 24.6 Å². The monoisotopic (exact) mass is 243 g/mol. The molecule has 0 amide bonds. The number of carbonyl (C=O) groups excluding carboxylic acids is 1. The van der Waals surface area contributed by atoms with Crippen molar-refractivity contribution >= 4 is 17.6 Å². The number of rotatable bonds is 4. The van der Waals surface area contributed by atoms with Gasteiger partial charge in [0.2, 0.25) is 0 Å². The summed E-state index contributed by atoms with van der Waals surface area (Å²) in [7, 11) is 0. The molecule has 1 unspecified atom stereocenters. The number of esters is 1. The normalized spacial score (nSPS) is 14.2. The molecule has 1 aromatic rings. The summed E-state index contributed by atoms with van der Waals surface area (Å²) in [5.41, 5.74) is 4.35. The zero-order valence-electron chi connectivity index (χ0n) is 8.94. The number of aliphatic hydroxyl groups is 1. The van der Waals surface area contributed by atoms with E-state index in [2.05, 4.69) is 0 Å². The molecule has 0 aliphatic heterocycles. The second kappa shape index (κ2) is 5.30. The highest BCUT2D eigenvalue weighted by molar-refractivity contribution is 6.30. The summed E-state index contributed by atoms with van der Waals surface area (Å²) in [6.07, 6.45) is 0. The minimum absolute atomic E-state index is 0.0650. The molecule has 0 bridgehead atoms. The summed E-state index contributed by atoms with van der Waals surface area (Å²) in [6.45, 7) is 1.20. The molecule has 5 heteroatoms. The fourth-order valence-electron chi connectivity index (χ4n) is 1.01. The van der Waals surface area contributed by atoms with Gasteiger partial charge in [-0.15, -0.1) is 0 Å². The predicted octanol–water partition coefficient (Wildman–Crippen LogP) is 1.09. The van der Waals surface area contributed by atoms with Crippen molar-refractivity contribution in [1.29, 1.82) is 0 Å². The molecule has 0 aliphatic rings. The molecule has 0 aliphatic carbocycles. The van der Waals surface area contributed by atoms with E-state index in [9.17, 15) is 9.90 Å². The van der Waals surface area contributed by atoms with Gasteiger partial charge in [0.25, 0.3) is 0 Å². The lowest BCUT2D eigenvalue weighted by atomic mass is 10.1. The Morgan fingerprint density at radius 3 is 2.88 bits per heavy atom. The Balaban J connectivity index is 2.56. The van der Waals surface area contributed by atoms with Crippen LogP contribution in [0.1, 0.15) is 12.5 Å². The average molecular weight is 244 g/mol. The summed E-state index contributed by atoms with van der Waals surface area (Å²) in [5.74, 6) is -0.741. The van der Waals surface area contributed by atoms with Crippen molar-refractivity contribution < 1.29 is 14.6 Å². The molecule has 0 spiro atoms. The van der Waals surface area contributed by atoms with Gasteiger partial charge < -0.3 is 15.6 Å². The minimum atomic E-state index is -1.64. The maximum Gasteiger partial charge on any atom is 0.339 e. The first-order valence-corrected chi connectivity index (χ1v) is 5.17. The van der Waals surface area contributed by atoms with Crippen LogP contribution in [-0.4, -0.2) is 23.2 Å². The van der Waals surface area contributed by atoms with E-state index in [1.54, 1.807) is 24.3 Å². The first kappa shape index (κ1) is 13.0. The Bertz CT molecular complexity index is 379. The Morgan fingerprint density at radius 1 is 1.62 bits per heavy atom. The van der Waals surface area contributed by atoms with Crippen LogP contribution in [0.15, 0.2) is 24.3 Å². The topological polar surface area (TPSA) is 72.5 Å². The van der Waals surface area contributed by atoms with Gasteiger partial charge in [0.15, 0.2) is 5.60 Å². The number of nitrogens with two attached hydrogens (primary N) is 1. The van der Waals surface area contributed by atoms with E-state index in [1.807, 2.05) is 0 Å². The van der Waals surface area contributed by atoms with Crippen molar-refractivity contribution in [2.75, 3.05) is 6.54 Å². The van der Waals surface area contributed by atoms with Gasteiger partial charge >= 0.3 is 5.97 Å². The van der Waals surface area contributed by atoms with Crippen LogP contribution in [0.25, 0.3) is 0 Å². The highest BCUT2D eigenvalue weighted by atomic mass is 35.5. The van der Waals surface area contributed by atoms with Gasteiger partial charge in [-0.3, -0.25) is 0 Å². The molecule has 0 radical (unpaired) electrons. The maximum atomic E-state index is 11.4. The van der Waals surface area contributed by atoms with Gasteiger partial charge in [-0.2, -0.15) is 0 Å². The van der Waals surface area contributed by atoms with Crippen LogP contribution in [0.5, 0.6) is 0 Å². The number of halogens is 1. The molecule has 1 aromatic carbocycles. The van der Waals surface area contributed by atoms with E-state index >= 15 is 0 Å². The first-order chi connectivity index (χ1) is 7.45. The molecule has 1 rings (SSSR count). The molecule has 1 atom stereocenters. The van der Waals surface area contributed by atoms with Crippen LogP contribution in [0, 0.1) is 0 Å². The Hall–Kier alpha value is -1.10. The zero-order chi connectivity index (χ0) is 12.2. The summed E-state index contributed by atoms with van der Waals surface area (Å²) in [5, 5.41) is 10.1. The average Bonchev–Trinajstić information content (AvgIpc) is 2.26. The van der Waals surface area contributed by atoms with Crippen LogP contribution < -0.4 is 5.73 Å². The molecule has 0 fully saturated rings. The highest BCUT2D eigenvalue weighted by Crippen LogP contribution is 2.12. The van der Waals surface area contributed by atoms with Crippen LogP contribution in [-0.2, 0) is 16.1 Å². The van der Waals surface area contributed by atoms with E-state index in [4.69, 9.17) is 22.1 Å². The smallest absolute Gasteiger partial charge is 0.339 e. The third-order valence-electron chi connectivity index (χ3n) is 2.10. The van der Waals surface area contributed by atoms with Crippen LogP contribution in [0.2, 0.25) is 5.02 Å². The van der Waals surface area contributed by atoms with Crippen molar-refractivity contribution in [1.82, 2.24) is 0 Å². The molecule has 0 aromatic heterocycles. The Morgan fingerprint density at radius 2 is 2.31 bits per heavy atom. The number of benzene rings is 1. The fourth-order valence-corrected chi connectivity index (χ4v) is 1.23. The van der Waals surface area contributed by atoms with Crippen molar-refractivity contribution in [2.45, 2.75) is 19.1 Å². The molecular formula is C11H14ClNO3. The minimum Gasteiger partial charge on any atom is -0.459 e. The molecular weight excluding hydrogens is 230 g/mol. The number of hydrogen-bond acceptors (Lipinski definition) is 4. The first-order valence-electron chi connectivity index (χ1n) is 4.80. The van der Waals surface area contributed by atoms with Gasteiger partial charge in [0, 0.05) is 11.6 Å². The number of carbonyl (C=O) groups is 1. The lowest BCUT2D eigenvalue weighted by molar-refractivity contribution is -0.164. The maximum absolute atomic E-state index is 11.4. The van der Waals surface area contributed by atoms with E-state index in [1.165, 1.54) is 6.92 Å². The van der Waals surface area contributed by atoms with Crippen molar-refractivity contribution in [2.24, 2.45) is 5.73 Å². The van der Waals surface area contributed by atoms with Crippen molar-refractivity contribution in [3.8, 4) is 0 Å². The quantitative estimate of drug-likeness (QED) is 0.777. The Kier molecular flexibility index (Phi) is 4.29. The third-order valence-corrected chi connectivity index (χ3v) is 2.33. The second-order valence-electron chi connectivity index (χ2n) is 3.68. The SMILES string of the molecule is CC(O)(CN)C(=O)OCc1cccc(Cl)c1. The van der Waals surface area contributed by atoms with Gasteiger partial charge in [0.05, 0.1) is 0 Å². The van der Waals surface area contributed by atoms with Crippen molar-refractivity contribution in [3.63, 3.8) is 0 Å². The molecule has 0 heterocycles. The van der Waals surface area contributed by atoms with E-state index in [0.717, 1.165) is 5.56 Å². The van der Waals surface area contributed by atoms with Crippen molar-refractivity contribution in [3.05, 3.63) is 34.9 Å². The van der Waals surface area contributed by atoms with Gasteiger partial charge in [0.1, 0.15) is 6.61 Å². The largest absolute Gasteiger partial charge is 0.459 e. The predicted molar refractivity (Wildman–Crippen MR) is 60.9 cm³/mol. The van der Waals surface area contributed by atoms with E-state index in [0.29, 0.717) is 5.02 Å². The fraction of sp³-hybridized carbons (Fsp3) is 0.364. The summed E-state index contributed by atoms with van der Waals surface area (Å²) in [6, 6.07) is 6.94. The van der Waals surface area contributed by atoms with Crippen LogP contribution in [0.4, 0.5) is 0 Å². The summed E-state index contributed by atoms with van der Waals surface area (Å²) in [4.78, 5) is 11.4. The Labute approximate surface area is 99.0 Å². The summed E-state index contributed by atoms with van der Waals surface area (Å²) >= 11 is 5.77. The molecule has 3 N–H and O–H groups in total. The number of hydrogen-bond donors (Lipinski definition) is 2. The second-order valence-corrected chi connectivity index (χ2v) is 4.12. The lowest BCUT2D eigenvalue weighted by Gasteiger charge is -2.18. The van der Waals surface area contributed by atoms with Crippen LogP contribution >= 0.6 is 11.6 Å². The molecule has 0 saturated heterocycles. The number of ether oxygens (including phenoxy) is 1. The molecule has 0 saturated carbocycles. The lowest BCUT2D eigenvalue weighted by Crippen LogP contribution is -2.43.